The van der Waals surface area contributed by atoms with Crippen molar-refractivity contribution in [3.63, 3.8) is 0 Å². The molecule has 8 nitrogen and oxygen atoms in total. The third kappa shape index (κ3) is 6.00. The molecule has 1 aromatic heterocycles. The highest BCUT2D eigenvalue weighted by Gasteiger charge is 2.23. The molecule has 0 aliphatic carbocycles. The van der Waals surface area contributed by atoms with Crippen LogP contribution in [0.2, 0.25) is 0 Å². The molecule has 39 heavy (non-hydrogen) atoms. The minimum atomic E-state index is -3.59. The number of amidine groups is 2. The first-order chi connectivity index (χ1) is 17.7. The summed E-state index contributed by atoms with van der Waals surface area (Å²) in [6.45, 7) is 5.04. The van der Waals surface area contributed by atoms with Gasteiger partial charge >= 0.3 is 0 Å². The van der Waals surface area contributed by atoms with Crippen LogP contribution >= 0.6 is 24.8 Å². The van der Waals surface area contributed by atoms with Crippen molar-refractivity contribution in [2.45, 2.75) is 32.8 Å². The number of ether oxygens (including phenoxy) is 1. The van der Waals surface area contributed by atoms with Crippen LogP contribution in [-0.2, 0) is 10.0 Å². The number of rotatable bonds is 6. The van der Waals surface area contributed by atoms with E-state index in [1.807, 2.05) is 59.5 Å². The summed E-state index contributed by atoms with van der Waals surface area (Å²) in [5, 5.41) is 18.2. The predicted octanol–water partition coefficient (Wildman–Crippen LogP) is 5.63. The maximum absolute atomic E-state index is 13.2. The second kappa shape index (κ2) is 11.9. The van der Waals surface area contributed by atoms with E-state index in [-0.39, 0.29) is 42.5 Å². The van der Waals surface area contributed by atoms with Crippen LogP contribution in [0, 0.1) is 10.8 Å². The van der Waals surface area contributed by atoms with Gasteiger partial charge in [0.25, 0.3) is 0 Å². The molecule has 0 bridgehead atoms. The topological polar surface area (TPSA) is 125 Å². The van der Waals surface area contributed by atoms with Crippen LogP contribution in [0.1, 0.15) is 32.3 Å². The molecule has 0 saturated carbocycles. The fourth-order valence-electron chi connectivity index (χ4n) is 4.95. The van der Waals surface area contributed by atoms with Gasteiger partial charge in [-0.25, -0.2) is 12.4 Å². The summed E-state index contributed by atoms with van der Waals surface area (Å²) in [7, 11) is -3.59. The van der Waals surface area contributed by atoms with Gasteiger partial charge in [-0.2, -0.15) is 0 Å². The lowest BCUT2D eigenvalue weighted by Gasteiger charge is -2.32. The predicted molar refractivity (Wildman–Crippen MR) is 164 cm³/mol. The van der Waals surface area contributed by atoms with Gasteiger partial charge in [0.1, 0.15) is 17.7 Å². The third-order valence-corrected chi connectivity index (χ3v) is 8.72. The molecule has 3 aromatic carbocycles. The molecule has 1 aliphatic heterocycles. The standard InChI is InChI=1S/C28H31N5O3S.2ClH/c1-3-37(34,35)33-26-9-8-25(36-24-10-12-32(13-11-24)18(2)29)16-23(26)17-27(33)20-6-4-19-5-7-21(28(30)31)15-22(19)14-20;;/h4-9,14-17,24,29H,3,10-13H2,1-2H3,(H3,30,31);2*1H. The van der Waals surface area contributed by atoms with Crippen molar-refractivity contribution in [1.29, 1.82) is 10.8 Å². The molecule has 4 aromatic rings. The van der Waals surface area contributed by atoms with Crippen LogP contribution in [0.4, 0.5) is 0 Å². The van der Waals surface area contributed by atoms with Gasteiger partial charge in [-0.05, 0) is 66.6 Å². The van der Waals surface area contributed by atoms with E-state index in [2.05, 4.69) is 0 Å². The van der Waals surface area contributed by atoms with Crippen molar-refractivity contribution in [2.24, 2.45) is 5.73 Å². The van der Waals surface area contributed by atoms with Gasteiger partial charge in [-0.15, -0.1) is 24.8 Å². The average molecular weight is 591 g/mol. The van der Waals surface area contributed by atoms with Crippen molar-refractivity contribution in [3.8, 4) is 17.0 Å². The number of hydrogen-bond acceptors (Lipinski definition) is 5. The Kier molecular flexibility index (Phi) is 9.20. The molecular formula is C28H33Cl2N5O3S. The molecule has 2 heterocycles. The Hall–Kier alpha value is -3.27. The highest BCUT2D eigenvalue weighted by Crippen LogP contribution is 2.34. The second-order valence-electron chi connectivity index (χ2n) is 9.50. The lowest BCUT2D eigenvalue weighted by molar-refractivity contribution is 0.130. The average Bonchev–Trinajstić information content (AvgIpc) is 3.28. The Morgan fingerprint density at radius 2 is 1.64 bits per heavy atom. The monoisotopic (exact) mass is 589 g/mol. The number of nitrogens with zero attached hydrogens (tertiary/aromatic N) is 2. The minimum absolute atomic E-state index is 0. The Morgan fingerprint density at radius 3 is 2.28 bits per heavy atom. The summed E-state index contributed by atoms with van der Waals surface area (Å²) in [6.07, 6.45) is 1.73. The lowest BCUT2D eigenvalue weighted by Crippen LogP contribution is -2.40. The van der Waals surface area contributed by atoms with Gasteiger partial charge < -0.3 is 15.4 Å². The summed E-state index contributed by atoms with van der Waals surface area (Å²) in [5.41, 5.74) is 8.25. The number of fused-ring (bicyclic) bond motifs is 2. The van der Waals surface area contributed by atoms with E-state index in [1.54, 1.807) is 19.9 Å². The fraction of sp³-hybridized carbons (Fsp3) is 0.286. The lowest BCUT2D eigenvalue weighted by atomic mass is 10.0. The second-order valence-corrected chi connectivity index (χ2v) is 11.6. The Labute approximate surface area is 241 Å². The normalized spacial score (nSPS) is 14.1. The molecule has 0 atom stereocenters. The summed E-state index contributed by atoms with van der Waals surface area (Å²) >= 11 is 0. The Morgan fingerprint density at radius 1 is 0.949 bits per heavy atom. The zero-order valence-corrected chi connectivity index (χ0v) is 24.3. The largest absolute Gasteiger partial charge is 0.490 e. The molecule has 0 radical (unpaired) electrons. The molecule has 5 rings (SSSR count). The van der Waals surface area contributed by atoms with E-state index < -0.39 is 10.0 Å². The molecule has 1 saturated heterocycles. The van der Waals surface area contributed by atoms with E-state index in [0.717, 1.165) is 47.7 Å². The molecular weight excluding hydrogens is 557 g/mol. The number of nitrogen functional groups attached to an aromatic ring is 1. The van der Waals surface area contributed by atoms with E-state index >= 15 is 0 Å². The molecule has 4 N–H and O–H groups in total. The Balaban J connectivity index is 0.00000210. The summed E-state index contributed by atoms with van der Waals surface area (Å²) in [4.78, 5) is 2.05. The van der Waals surface area contributed by atoms with Gasteiger partial charge in [-0.3, -0.25) is 10.8 Å². The number of benzene rings is 3. The van der Waals surface area contributed by atoms with Crippen molar-refractivity contribution in [1.82, 2.24) is 8.87 Å². The van der Waals surface area contributed by atoms with E-state index in [0.29, 0.717) is 28.4 Å². The first kappa shape index (κ1) is 30.3. The molecule has 11 heteroatoms. The number of nitrogens with one attached hydrogen (secondary N) is 2. The number of piperidine rings is 1. The van der Waals surface area contributed by atoms with Crippen molar-refractivity contribution < 1.29 is 13.2 Å². The highest BCUT2D eigenvalue weighted by molar-refractivity contribution is 7.90. The summed E-state index contributed by atoms with van der Waals surface area (Å²) in [5.74, 6) is 1.24. The number of nitrogens with two attached hydrogens (primary N) is 1. The van der Waals surface area contributed by atoms with Crippen LogP contribution in [0.3, 0.4) is 0 Å². The van der Waals surface area contributed by atoms with Gasteiger partial charge in [-0.1, -0.05) is 24.3 Å². The van der Waals surface area contributed by atoms with Crippen LogP contribution in [0.25, 0.3) is 32.9 Å². The Bertz CT molecular complexity index is 1640. The molecule has 0 amide bonds. The molecule has 208 valence electrons. The quantitative estimate of drug-likeness (QED) is 0.198. The highest BCUT2D eigenvalue weighted by atomic mass is 35.5. The van der Waals surface area contributed by atoms with Crippen molar-refractivity contribution in [2.75, 3.05) is 18.8 Å². The van der Waals surface area contributed by atoms with Crippen LogP contribution in [0.15, 0.2) is 60.7 Å². The first-order valence-electron chi connectivity index (χ1n) is 12.4. The van der Waals surface area contributed by atoms with E-state index in [1.165, 1.54) is 3.97 Å². The molecule has 0 spiro atoms. The van der Waals surface area contributed by atoms with Crippen LogP contribution in [0.5, 0.6) is 5.75 Å². The van der Waals surface area contributed by atoms with Crippen LogP contribution < -0.4 is 10.5 Å². The van der Waals surface area contributed by atoms with Crippen molar-refractivity contribution >= 4 is 68.2 Å². The maximum atomic E-state index is 13.2. The molecule has 0 unspecified atom stereocenters. The van der Waals surface area contributed by atoms with Crippen LogP contribution in [-0.4, -0.2) is 53.9 Å². The molecule has 1 aliphatic rings. The van der Waals surface area contributed by atoms with Gasteiger partial charge in [0.2, 0.25) is 10.0 Å². The fourth-order valence-corrected chi connectivity index (χ4v) is 6.13. The van der Waals surface area contributed by atoms with Gasteiger partial charge in [0, 0.05) is 36.9 Å². The number of halogens is 2. The minimum Gasteiger partial charge on any atom is -0.490 e. The maximum Gasteiger partial charge on any atom is 0.239 e. The summed E-state index contributed by atoms with van der Waals surface area (Å²) in [6, 6.07) is 18.8. The number of likely N-dealkylation sites (tertiary alicyclic amines) is 1. The zero-order chi connectivity index (χ0) is 26.3. The first-order valence-corrected chi connectivity index (χ1v) is 14.0. The third-order valence-electron chi connectivity index (χ3n) is 7.04. The van der Waals surface area contributed by atoms with Gasteiger partial charge in [0.15, 0.2) is 0 Å². The SMILES string of the molecule is CCS(=O)(=O)n1c(-c2ccc3ccc(C(=N)N)cc3c2)cc2cc(OC3CCN(C(C)=N)CC3)ccc21.Cl.Cl. The zero-order valence-electron chi connectivity index (χ0n) is 21.8. The van der Waals surface area contributed by atoms with E-state index in [9.17, 15) is 8.42 Å². The van der Waals surface area contributed by atoms with E-state index in [4.69, 9.17) is 21.3 Å². The number of aromatic nitrogens is 1. The van der Waals surface area contributed by atoms with Crippen molar-refractivity contribution in [3.05, 3.63) is 66.2 Å². The summed E-state index contributed by atoms with van der Waals surface area (Å²) < 4.78 is 34.1. The van der Waals surface area contributed by atoms with Gasteiger partial charge in [0.05, 0.1) is 22.8 Å². The number of hydrogen-bond donors (Lipinski definition) is 3. The molecule has 1 fully saturated rings. The smallest absolute Gasteiger partial charge is 0.239 e.